The number of nitrogens with zero attached hydrogens (tertiary/aromatic N) is 1. The Labute approximate surface area is 117 Å². The molecule has 3 heteroatoms. The Morgan fingerprint density at radius 3 is 2.72 bits per heavy atom. The second kappa shape index (κ2) is 6.19. The molecule has 1 heterocycles. The number of aldehydes is 1. The fourth-order valence-electron chi connectivity index (χ4n) is 2.54. The second-order valence-electron chi connectivity index (χ2n) is 4.78. The van der Waals surface area contributed by atoms with Crippen LogP contribution in [-0.2, 0) is 0 Å². The number of halogens is 1. The van der Waals surface area contributed by atoms with Crippen molar-refractivity contribution in [1.29, 1.82) is 0 Å². The maximum Gasteiger partial charge on any atom is 0.152 e. The molecule has 2 rings (SSSR count). The highest BCUT2D eigenvalue weighted by molar-refractivity contribution is 9.10. The maximum atomic E-state index is 11.1. The summed E-state index contributed by atoms with van der Waals surface area (Å²) >= 11 is 3.47. The van der Waals surface area contributed by atoms with Crippen LogP contribution in [0.3, 0.4) is 0 Å². The van der Waals surface area contributed by atoms with Crippen molar-refractivity contribution in [2.75, 3.05) is 18.0 Å². The number of carbonyl (C=O) groups excluding carboxylic acids is 1. The van der Waals surface area contributed by atoms with Crippen LogP contribution < -0.4 is 4.90 Å². The SMILES string of the molecule is C=CCC1CCN(c2cc(Br)ccc2C=O)CC1. The average Bonchev–Trinajstić information content (AvgIpc) is 2.40. The molecular weight excluding hydrogens is 290 g/mol. The van der Waals surface area contributed by atoms with E-state index < -0.39 is 0 Å². The van der Waals surface area contributed by atoms with Crippen LogP contribution >= 0.6 is 15.9 Å². The van der Waals surface area contributed by atoms with E-state index in [1.54, 1.807) is 0 Å². The van der Waals surface area contributed by atoms with Crippen molar-refractivity contribution in [3.63, 3.8) is 0 Å². The first kappa shape index (κ1) is 13.3. The molecule has 0 N–H and O–H groups in total. The van der Waals surface area contributed by atoms with Gasteiger partial charge in [-0.3, -0.25) is 4.79 Å². The molecule has 1 saturated heterocycles. The van der Waals surface area contributed by atoms with Crippen molar-refractivity contribution >= 4 is 27.9 Å². The van der Waals surface area contributed by atoms with Crippen LogP contribution in [0.1, 0.15) is 29.6 Å². The summed E-state index contributed by atoms with van der Waals surface area (Å²) in [6, 6.07) is 5.83. The lowest BCUT2D eigenvalue weighted by Gasteiger charge is -2.34. The predicted molar refractivity (Wildman–Crippen MR) is 79.3 cm³/mol. The molecule has 0 bridgehead atoms. The van der Waals surface area contributed by atoms with E-state index in [9.17, 15) is 4.79 Å². The Morgan fingerprint density at radius 1 is 1.39 bits per heavy atom. The van der Waals surface area contributed by atoms with Crippen molar-refractivity contribution in [1.82, 2.24) is 0 Å². The smallest absolute Gasteiger partial charge is 0.152 e. The van der Waals surface area contributed by atoms with Gasteiger partial charge in [-0.05, 0) is 43.4 Å². The largest absolute Gasteiger partial charge is 0.371 e. The molecule has 0 unspecified atom stereocenters. The van der Waals surface area contributed by atoms with Crippen molar-refractivity contribution in [2.45, 2.75) is 19.3 Å². The van der Waals surface area contributed by atoms with Gasteiger partial charge in [-0.15, -0.1) is 6.58 Å². The molecular formula is C15H18BrNO. The molecule has 18 heavy (non-hydrogen) atoms. The molecule has 0 amide bonds. The highest BCUT2D eigenvalue weighted by atomic mass is 79.9. The molecule has 1 aliphatic rings. The maximum absolute atomic E-state index is 11.1. The van der Waals surface area contributed by atoms with Gasteiger partial charge in [-0.25, -0.2) is 0 Å². The van der Waals surface area contributed by atoms with Crippen LogP contribution in [0.4, 0.5) is 5.69 Å². The summed E-state index contributed by atoms with van der Waals surface area (Å²) in [7, 11) is 0. The number of piperidine rings is 1. The summed E-state index contributed by atoms with van der Waals surface area (Å²) in [6.45, 7) is 5.85. The molecule has 0 saturated carbocycles. The number of hydrogen-bond donors (Lipinski definition) is 0. The average molecular weight is 308 g/mol. The number of hydrogen-bond acceptors (Lipinski definition) is 2. The van der Waals surface area contributed by atoms with E-state index in [4.69, 9.17) is 0 Å². The summed E-state index contributed by atoms with van der Waals surface area (Å²) in [5.41, 5.74) is 1.83. The van der Waals surface area contributed by atoms with Crippen molar-refractivity contribution in [3.8, 4) is 0 Å². The molecule has 0 atom stereocenters. The van der Waals surface area contributed by atoms with Crippen molar-refractivity contribution < 1.29 is 4.79 Å². The molecule has 0 radical (unpaired) electrons. The lowest BCUT2D eigenvalue weighted by molar-refractivity contribution is 0.112. The second-order valence-corrected chi connectivity index (χ2v) is 5.69. The van der Waals surface area contributed by atoms with Gasteiger partial charge in [0.1, 0.15) is 0 Å². The van der Waals surface area contributed by atoms with E-state index in [1.165, 1.54) is 12.8 Å². The predicted octanol–water partition coefficient (Wildman–Crippen LogP) is 4.05. The number of carbonyl (C=O) groups is 1. The van der Waals surface area contributed by atoms with Crippen LogP contribution in [0, 0.1) is 5.92 Å². The van der Waals surface area contributed by atoms with Gasteiger partial charge in [0.25, 0.3) is 0 Å². The zero-order valence-electron chi connectivity index (χ0n) is 10.4. The first-order valence-corrected chi connectivity index (χ1v) is 7.14. The van der Waals surface area contributed by atoms with Gasteiger partial charge < -0.3 is 4.90 Å². The van der Waals surface area contributed by atoms with Gasteiger partial charge in [-0.2, -0.15) is 0 Å². The topological polar surface area (TPSA) is 20.3 Å². The number of rotatable bonds is 4. The van der Waals surface area contributed by atoms with Gasteiger partial charge in [0.05, 0.1) is 0 Å². The molecule has 0 aliphatic carbocycles. The van der Waals surface area contributed by atoms with E-state index in [0.29, 0.717) is 0 Å². The zero-order valence-corrected chi connectivity index (χ0v) is 12.0. The molecule has 0 aromatic heterocycles. The molecule has 96 valence electrons. The minimum atomic E-state index is 0.755. The Kier molecular flexibility index (Phi) is 4.59. The highest BCUT2D eigenvalue weighted by Gasteiger charge is 2.20. The number of anilines is 1. The van der Waals surface area contributed by atoms with Crippen LogP contribution in [0.25, 0.3) is 0 Å². The van der Waals surface area contributed by atoms with Gasteiger partial charge in [-0.1, -0.05) is 22.0 Å². The van der Waals surface area contributed by atoms with Gasteiger partial charge in [0, 0.05) is 28.8 Å². The normalized spacial score (nSPS) is 16.6. The Hall–Kier alpha value is -1.09. The Bertz CT molecular complexity index is 436. The third-order valence-electron chi connectivity index (χ3n) is 3.57. The fourth-order valence-corrected chi connectivity index (χ4v) is 2.88. The molecule has 1 aromatic rings. The first-order chi connectivity index (χ1) is 8.74. The quantitative estimate of drug-likeness (QED) is 0.618. The van der Waals surface area contributed by atoms with Gasteiger partial charge >= 0.3 is 0 Å². The molecule has 1 aliphatic heterocycles. The van der Waals surface area contributed by atoms with E-state index in [0.717, 1.165) is 47.4 Å². The molecule has 1 aromatic carbocycles. The van der Waals surface area contributed by atoms with Crippen LogP contribution in [-0.4, -0.2) is 19.4 Å². The van der Waals surface area contributed by atoms with Gasteiger partial charge in [0.2, 0.25) is 0 Å². The summed E-state index contributed by atoms with van der Waals surface area (Å²) in [6.07, 6.45) is 6.41. The van der Waals surface area contributed by atoms with Crippen molar-refractivity contribution in [2.24, 2.45) is 5.92 Å². The molecule has 1 fully saturated rings. The third kappa shape index (κ3) is 3.02. The number of allylic oxidation sites excluding steroid dienone is 1. The summed E-state index contributed by atoms with van der Waals surface area (Å²) in [5.74, 6) is 0.755. The lowest BCUT2D eigenvalue weighted by Crippen LogP contribution is -2.34. The van der Waals surface area contributed by atoms with E-state index in [2.05, 4.69) is 27.4 Å². The minimum Gasteiger partial charge on any atom is -0.371 e. The van der Waals surface area contributed by atoms with Crippen LogP contribution in [0.5, 0.6) is 0 Å². The minimum absolute atomic E-state index is 0.755. The summed E-state index contributed by atoms with van der Waals surface area (Å²) in [4.78, 5) is 13.4. The Morgan fingerprint density at radius 2 is 2.11 bits per heavy atom. The number of benzene rings is 1. The van der Waals surface area contributed by atoms with E-state index in [1.807, 2.05) is 24.3 Å². The van der Waals surface area contributed by atoms with E-state index >= 15 is 0 Å². The Balaban J connectivity index is 2.11. The van der Waals surface area contributed by atoms with Gasteiger partial charge in [0.15, 0.2) is 6.29 Å². The zero-order chi connectivity index (χ0) is 13.0. The fraction of sp³-hybridized carbons (Fsp3) is 0.400. The van der Waals surface area contributed by atoms with Crippen LogP contribution in [0.2, 0.25) is 0 Å². The summed E-state index contributed by atoms with van der Waals surface area (Å²) in [5, 5.41) is 0. The summed E-state index contributed by atoms with van der Waals surface area (Å²) < 4.78 is 1.02. The van der Waals surface area contributed by atoms with Crippen molar-refractivity contribution in [3.05, 3.63) is 40.9 Å². The standard InChI is InChI=1S/C15H18BrNO/c1-2-3-12-6-8-17(9-7-12)15-10-14(16)5-4-13(15)11-18/h2,4-5,10-12H,1,3,6-9H2. The molecule has 2 nitrogen and oxygen atoms in total. The van der Waals surface area contributed by atoms with Crippen LogP contribution in [0.15, 0.2) is 35.3 Å². The lowest BCUT2D eigenvalue weighted by atomic mass is 9.93. The first-order valence-electron chi connectivity index (χ1n) is 6.35. The monoisotopic (exact) mass is 307 g/mol. The highest BCUT2D eigenvalue weighted by Crippen LogP contribution is 2.29. The molecule has 0 spiro atoms. The van der Waals surface area contributed by atoms with E-state index in [-0.39, 0.29) is 0 Å². The third-order valence-corrected chi connectivity index (χ3v) is 4.07.